The van der Waals surface area contributed by atoms with Gasteiger partial charge in [0.2, 0.25) is 0 Å². The highest BCUT2D eigenvalue weighted by atomic mass is 35.5. The number of piperidine rings is 1. The maximum absolute atomic E-state index is 12.6. The molecule has 2 fully saturated rings. The minimum atomic E-state index is -0.525. The summed E-state index contributed by atoms with van der Waals surface area (Å²) in [4.78, 5) is 15.3. The Morgan fingerprint density at radius 3 is 2.62 bits per heavy atom. The van der Waals surface area contributed by atoms with Crippen molar-refractivity contribution in [3.8, 4) is 0 Å². The quantitative estimate of drug-likeness (QED) is 0.773. The Bertz CT molecular complexity index is 812. The lowest BCUT2D eigenvalue weighted by molar-refractivity contribution is -0.181. The second kappa shape index (κ2) is 7.11. The summed E-state index contributed by atoms with van der Waals surface area (Å²) in [5.74, 6) is -0.109. The van der Waals surface area contributed by atoms with Gasteiger partial charge in [0.1, 0.15) is 0 Å². The van der Waals surface area contributed by atoms with Crippen molar-refractivity contribution in [2.75, 3.05) is 26.3 Å². The molecule has 3 heterocycles. The highest BCUT2D eigenvalue weighted by molar-refractivity contribution is 6.35. The Morgan fingerprint density at radius 2 is 1.92 bits per heavy atom. The Morgan fingerprint density at radius 1 is 1.19 bits per heavy atom. The van der Waals surface area contributed by atoms with E-state index >= 15 is 0 Å². The molecule has 0 saturated carbocycles. The molecule has 1 aromatic carbocycles. The van der Waals surface area contributed by atoms with Gasteiger partial charge in [0, 0.05) is 42.4 Å². The molecule has 0 aliphatic carbocycles. The maximum Gasteiger partial charge on any atom is 0.363 e. The molecule has 0 radical (unpaired) electrons. The second-order valence-electron chi connectivity index (χ2n) is 6.28. The van der Waals surface area contributed by atoms with E-state index in [2.05, 4.69) is 15.4 Å². The number of rotatable bonds is 2. The van der Waals surface area contributed by atoms with Crippen molar-refractivity contribution in [1.82, 2.24) is 25.1 Å². The van der Waals surface area contributed by atoms with E-state index in [-0.39, 0.29) is 6.03 Å². The van der Waals surface area contributed by atoms with E-state index in [1.165, 1.54) is 0 Å². The Balaban J connectivity index is 1.40. The van der Waals surface area contributed by atoms with E-state index < -0.39 is 5.79 Å². The van der Waals surface area contributed by atoms with Gasteiger partial charge >= 0.3 is 6.03 Å². The molecule has 26 heavy (non-hydrogen) atoms. The van der Waals surface area contributed by atoms with Gasteiger partial charge < -0.3 is 14.4 Å². The van der Waals surface area contributed by atoms with Crippen LogP contribution in [-0.4, -0.2) is 63.2 Å². The SMILES string of the molecule is O=C(N1CCC2(CC1)OCCO2)n1nnc(Cc2ccc(Cl)cc2Cl)n1. The molecule has 0 bridgehead atoms. The summed E-state index contributed by atoms with van der Waals surface area (Å²) in [6, 6.07) is 4.90. The van der Waals surface area contributed by atoms with Crippen LogP contribution < -0.4 is 0 Å². The lowest BCUT2D eigenvalue weighted by Crippen LogP contribution is -2.48. The van der Waals surface area contributed by atoms with Crippen LogP contribution in [0, 0.1) is 0 Å². The van der Waals surface area contributed by atoms with E-state index in [4.69, 9.17) is 32.7 Å². The minimum absolute atomic E-state index is 0.307. The smallest absolute Gasteiger partial charge is 0.347 e. The van der Waals surface area contributed by atoms with Crippen LogP contribution >= 0.6 is 23.2 Å². The normalized spacial score (nSPS) is 19.2. The summed E-state index contributed by atoms with van der Waals surface area (Å²) in [5, 5.41) is 13.1. The summed E-state index contributed by atoms with van der Waals surface area (Å²) >= 11 is 12.1. The third-order valence-corrected chi connectivity index (χ3v) is 5.19. The summed E-state index contributed by atoms with van der Waals surface area (Å²) in [6.45, 7) is 2.27. The first-order valence-corrected chi connectivity index (χ1v) is 9.10. The molecule has 2 aliphatic heterocycles. The molecule has 1 aromatic heterocycles. The van der Waals surface area contributed by atoms with Crippen molar-refractivity contribution in [1.29, 1.82) is 0 Å². The van der Waals surface area contributed by atoms with E-state index in [0.717, 1.165) is 10.4 Å². The number of carbonyl (C=O) groups is 1. The molecule has 4 rings (SSSR count). The Kier molecular flexibility index (Phi) is 4.83. The number of halogens is 2. The van der Waals surface area contributed by atoms with Gasteiger partial charge in [-0.3, -0.25) is 0 Å². The predicted octanol–water partition coefficient (Wildman–Crippen LogP) is 2.38. The largest absolute Gasteiger partial charge is 0.363 e. The zero-order valence-electron chi connectivity index (χ0n) is 13.9. The molecule has 138 valence electrons. The van der Waals surface area contributed by atoms with Gasteiger partial charge in [-0.1, -0.05) is 34.1 Å². The van der Waals surface area contributed by atoms with Crippen molar-refractivity contribution in [2.24, 2.45) is 0 Å². The molecule has 1 spiro atoms. The molecule has 10 heteroatoms. The van der Waals surface area contributed by atoms with E-state index in [1.54, 1.807) is 23.1 Å². The van der Waals surface area contributed by atoms with E-state index in [9.17, 15) is 4.79 Å². The predicted molar refractivity (Wildman–Crippen MR) is 93.3 cm³/mol. The van der Waals surface area contributed by atoms with Crippen molar-refractivity contribution >= 4 is 29.2 Å². The first-order chi connectivity index (χ1) is 12.5. The van der Waals surface area contributed by atoms with Crippen molar-refractivity contribution < 1.29 is 14.3 Å². The highest BCUT2D eigenvalue weighted by Crippen LogP contribution is 2.31. The van der Waals surface area contributed by atoms with Gasteiger partial charge in [0.05, 0.1) is 13.2 Å². The lowest BCUT2D eigenvalue weighted by Gasteiger charge is -2.36. The topological polar surface area (TPSA) is 82.4 Å². The van der Waals surface area contributed by atoms with Crippen LogP contribution in [0.4, 0.5) is 4.79 Å². The van der Waals surface area contributed by atoms with Crippen LogP contribution in [0.3, 0.4) is 0 Å². The monoisotopic (exact) mass is 397 g/mol. The average Bonchev–Trinajstić information content (AvgIpc) is 3.28. The van der Waals surface area contributed by atoms with E-state index in [0.29, 0.717) is 61.4 Å². The number of hydrogen-bond acceptors (Lipinski definition) is 6. The number of hydrogen-bond donors (Lipinski definition) is 0. The van der Waals surface area contributed by atoms with Gasteiger partial charge in [-0.25, -0.2) is 4.79 Å². The van der Waals surface area contributed by atoms with Crippen LogP contribution in [0.15, 0.2) is 18.2 Å². The first-order valence-electron chi connectivity index (χ1n) is 8.35. The summed E-state index contributed by atoms with van der Waals surface area (Å²) < 4.78 is 11.3. The molecule has 0 unspecified atom stereocenters. The number of nitrogens with zero attached hydrogens (tertiary/aromatic N) is 5. The number of ether oxygens (including phenoxy) is 2. The number of likely N-dealkylation sites (tertiary alicyclic amines) is 1. The fourth-order valence-corrected chi connectivity index (χ4v) is 3.66. The van der Waals surface area contributed by atoms with Crippen LogP contribution in [-0.2, 0) is 15.9 Å². The highest BCUT2D eigenvalue weighted by Gasteiger charge is 2.41. The fraction of sp³-hybridized carbons (Fsp3) is 0.500. The average molecular weight is 398 g/mol. The zero-order valence-corrected chi connectivity index (χ0v) is 15.4. The second-order valence-corrected chi connectivity index (χ2v) is 7.13. The maximum atomic E-state index is 12.6. The van der Waals surface area contributed by atoms with Gasteiger partial charge in [-0.05, 0) is 22.9 Å². The molecule has 0 N–H and O–H groups in total. The molecule has 0 atom stereocenters. The van der Waals surface area contributed by atoms with Crippen LogP contribution in [0.2, 0.25) is 10.0 Å². The molecule has 8 nitrogen and oxygen atoms in total. The standard InChI is InChI=1S/C16H17Cl2N5O3/c17-12-2-1-11(13(18)10-12)9-14-19-21-23(20-14)15(24)22-5-3-16(4-6-22)25-7-8-26-16/h1-2,10H,3-9H2. The Hall–Kier alpha value is -1.74. The number of benzene rings is 1. The lowest BCUT2D eigenvalue weighted by atomic mass is 10.0. The van der Waals surface area contributed by atoms with Gasteiger partial charge in [0.15, 0.2) is 11.6 Å². The van der Waals surface area contributed by atoms with Crippen molar-refractivity contribution in [2.45, 2.75) is 25.0 Å². The number of carbonyl (C=O) groups excluding carboxylic acids is 1. The van der Waals surface area contributed by atoms with Gasteiger partial charge in [-0.15, -0.1) is 10.2 Å². The fourth-order valence-electron chi connectivity index (χ4n) is 3.18. The van der Waals surface area contributed by atoms with Gasteiger partial charge in [-0.2, -0.15) is 0 Å². The van der Waals surface area contributed by atoms with Crippen LogP contribution in [0.5, 0.6) is 0 Å². The number of tetrazole rings is 1. The third-order valence-electron chi connectivity index (χ3n) is 4.60. The third kappa shape index (κ3) is 3.55. The minimum Gasteiger partial charge on any atom is -0.347 e. The molecular formula is C16H17Cl2N5O3. The zero-order chi connectivity index (χ0) is 18.1. The molecule has 2 aromatic rings. The summed E-state index contributed by atoms with van der Waals surface area (Å²) in [7, 11) is 0. The van der Waals surface area contributed by atoms with Crippen molar-refractivity contribution in [3.05, 3.63) is 39.6 Å². The molecule has 2 saturated heterocycles. The summed E-state index contributed by atoms with van der Waals surface area (Å²) in [6.07, 6.45) is 1.65. The first kappa shape index (κ1) is 17.7. The number of aromatic nitrogens is 4. The van der Waals surface area contributed by atoms with E-state index in [1.807, 2.05) is 0 Å². The van der Waals surface area contributed by atoms with Gasteiger partial charge in [0.25, 0.3) is 0 Å². The van der Waals surface area contributed by atoms with Crippen LogP contribution in [0.1, 0.15) is 24.2 Å². The molecule has 1 amide bonds. The Labute approximate surface area is 159 Å². The summed E-state index contributed by atoms with van der Waals surface area (Å²) in [5.41, 5.74) is 0.818. The number of amides is 1. The molecule has 2 aliphatic rings. The van der Waals surface area contributed by atoms with Crippen LogP contribution in [0.25, 0.3) is 0 Å². The van der Waals surface area contributed by atoms with Crippen molar-refractivity contribution in [3.63, 3.8) is 0 Å². The molecular weight excluding hydrogens is 381 g/mol.